The van der Waals surface area contributed by atoms with Gasteiger partial charge in [-0.25, -0.2) is 0 Å². The van der Waals surface area contributed by atoms with Crippen molar-refractivity contribution < 1.29 is 10.0 Å². The SMILES string of the molecule is O=[N+]([O-])c1ccc(Br)c(NCc2cccc(Cl)c2O)c1. The molecular formula is C13H10BrClN2O3. The first kappa shape index (κ1) is 14.6. The zero-order valence-corrected chi connectivity index (χ0v) is 12.5. The molecule has 0 fully saturated rings. The Morgan fingerprint density at radius 2 is 2.10 bits per heavy atom. The number of halogens is 2. The quantitative estimate of drug-likeness (QED) is 0.631. The van der Waals surface area contributed by atoms with E-state index in [0.717, 1.165) is 0 Å². The molecule has 0 saturated heterocycles. The van der Waals surface area contributed by atoms with Crippen molar-refractivity contribution in [3.8, 4) is 5.75 Å². The van der Waals surface area contributed by atoms with Gasteiger partial charge in [-0.2, -0.15) is 0 Å². The van der Waals surface area contributed by atoms with Crippen LogP contribution in [0.25, 0.3) is 0 Å². The van der Waals surface area contributed by atoms with Crippen LogP contribution in [-0.2, 0) is 6.54 Å². The van der Waals surface area contributed by atoms with Crippen molar-refractivity contribution in [2.24, 2.45) is 0 Å². The van der Waals surface area contributed by atoms with E-state index in [4.69, 9.17) is 11.6 Å². The molecule has 2 rings (SSSR count). The number of phenols is 1. The van der Waals surface area contributed by atoms with Crippen LogP contribution in [0.4, 0.5) is 11.4 Å². The van der Waals surface area contributed by atoms with Gasteiger partial charge in [0.05, 0.1) is 15.6 Å². The van der Waals surface area contributed by atoms with Gasteiger partial charge in [0.15, 0.2) is 0 Å². The molecule has 0 saturated carbocycles. The van der Waals surface area contributed by atoms with E-state index in [9.17, 15) is 15.2 Å². The van der Waals surface area contributed by atoms with E-state index in [0.29, 0.717) is 22.3 Å². The number of rotatable bonds is 4. The number of anilines is 1. The normalized spacial score (nSPS) is 10.3. The van der Waals surface area contributed by atoms with E-state index >= 15 is 0 Å². The van der Waals surface area contributed by atoms with Gasteiger partial charge in [0.25, 0.3) is 5.69 Å². The molecule has 0 radical (unpaired) electrons. The summed E-state index contributed by atoms with van der Waals surface area (Å²) in [6, 6.07) is 9.46. The fourth-order valence-electron chi connectivity index (χ4n) is 1.66. The van der Waals surface area contributed by atoms with Gasteiger partial charge in [-0.3, -0.25) is 10.1 Å². The lowest BCUT2D eigenvalue weighted by Crippen LogP contribution is -2.01. The maximum Gasteiger partial charge on any atom is 0.271 e. The van der Waals surface area contributed by atoms with Gasteiger partial charge in [0.1, 0.15) is 5.75 Å². The summed E-state index contributed by atoms with van der Waals surface area (Å²) in [6.45, 7) is 0.298. The number of hydrogen-bond acceptors (Lipinski definition) is 4. The third-order valence-corrected chi connectivity index (χ3v) is 3.70. The van der Waals surface area contributed by atoms with Crippen LogP contribution in [0.3, 0.4) is 0 Å². The first-order valence-electron chi connectivity index (χ1n) is 5.63. The van der Waals surface area contributed by atoms with Crippen LogP contribution >= 0.6 is 27.5 Å². The molecule has 0 unspecified atom stereocenters. The minimum absolute atomic E-state index is 0.00298. The standard InChI is InChI=1S/C13H10BrClN2O3/c14-10-5-4-9(17(19)20)6-12(10)16-7-8-2-1-3-11(15)13(8)18/h1-6,16,18H,7H2. The molecule has 0 aromatic heterocycles. The molecule has 2 N–H and O–H groups in total. The summed E-state index contributed by atoms with van der Waals surface area (Å²) >= 11 is 9.13. The third kappa shape index (κ3) is 3.20. The van der Waals surface area contributed by atoms with Gasteiger partial charge < -0.3 is 10.4 Å². The highest BCUT2D eigenvalue weighted by Crippen LogP contribution is 2.30. The molecule has 0 aliphatic rings. The number of benzene rings is 2. The zero-order chi connectivity index (χ0) is 14.7. The van der Waals surface area contributed by atoms with Gasteiger partial charge in [-0.1, -0.05) is 23.7 Å². The second-order valence-corrected chi connectivity index (χ2v) is 5.28. The minimum Gasteiger partial charge on any atom is -0.506 e. The van der Waals surface area contributed by atoms with E-state index in [1.54, 1.807) is 24.3 Å². The molecule has 0 spiro atoms. The van der Waals surface area contributed by atoms with Crippen LogP contribution in [-0.4, -0.2) is 10.0 Å². The topological polar surface area (TPSA) is 75.4 Å². The van der Waals surface area contributed by atoms with Gasteiger partial charge in [-0.05, 0) is 28.1 Å². The maximum absolute atomic E-state index is 10.7. The molecule has 0 amide bonds. The highest BCUT2D eigenvalue weighted by atomic mass is 79.9. The lowest BCUT2D eigenvalue weighted by Gasteiger charge is -2.10. The van der Waals surface area contributed by atoms with Crippen LogP contribution in [0.5, 0.6) is 5.75 Å². The highest BCUT2D eigenvalue weighted by molar-refractivity contribution is 9.10. The molecule has 2 aromatic rings. The Kier molecular flexibility index (Phi) is 4.46. The van der Waals surface area contributed by atoms with Gasteiger partial charge in [-0.15, -0.1) is 0 Å². The molecule has 7 heteroatoms. The summed E-state index contributed by atoms with van der Waals surface area (Å²) in [5.41, 5.74) is 1.17. The minimum atomic E-state index is -0.464. The summed E-state index contributed by atoms with van der Waals surface area (Å²) in [7, 11) is 0. The summed E-state index contributed by atoms with van der Waals surface area (Å²) in [5, 5.41) is 23.8. The van der Waals surface area contributed by atoms with E-state index in [-0.39, 0.29) is 16.5 Å². The molecule has 0 heterocycles. The van der Waals surface area contributed by atoms with Crippen molar-refractivity contribution >= 4 is 38.9 Å². The number of nitrogens with one attached hydrogen (secondary N) is 1. The Labute approximate surface area is 128 Å². The van der Waals surface area contributed by atoms with Crippen LogP contribution in [0.15, 0.2) is 40.9 Å². The van der Waals surface area contributed by atoms with E-state index in [2.05, 4.69) is 21.2 Å². The molecule has 104 valence electrons. The fourth-order valence-corrected chi connectivity index (χ4v) is 2.24. The summed E-state index contributed by atoms with van der Waals surface area (Å²) < 4.78 is 0.699. The molecule has 5 nitrogen and oxygen atoms in total. The van der Waals surface area contributed by atoms with Crippen molar-refractivity contribution in [2.75, 3.05) is 5.32 Å². The number of hydrogen-bond donors (Lipinski definition) is 2. The van der Waals surface area contributed by atoms with Crippen molar-refractivity contribution in [3.63, 3.8) is 0 Å². The van der Waals surface area contributed by atoms with Gasteiger partial charge >= 0.3 is 0 Å². The average molecular weight is 358 g/mol. The lowest BCUT2D eigenvalue weighted by atomic mass is 10.2. The molecule has 0 bridgehead atoms. The molecule has 0 aliphatic heterocycles. The first-order valence-corrected chi connectivity index (χ1v) is 6.80. The predicted molar refractivity (Wildman–Crippen MR) is 81.2 cm³/mol. The number of nitro benzene ring substituents is 1. The third-order valence-electron chi connectivity index (χ3n) is 2.70. The Balaban J connectivity index is 2.20. The van der Waals surface area contributed by atoms with Crippen molar-refractivity contribution in [1.82, 2.24) is 0 Å². The second-order valence-electron chi connectivity index (χ2n) is 4.02. The van der Waals surface area contributed by atoms with E-state index in [1.807, 2.05) is 0 Å². The number of nitrogens with zero attached hydrogens (tertiary/aromatic N) is 1. The maximum atomic E-state index is 10.7. The average Bonchev–Trinajstić information content (AvgIpc) is 2.41. The van der Waals surface area contributed by atoms with E-state index in [1.165, 1.54) is 12.1 Å². The van der Waals surface area contributed by atoms with E-state index < -0.39 is 4.92 Å². The second kappa shape index (κ2) is 6.11. The summed E-state index contributed by atoms with van der Waals surface area (Å²) in [6.07, 6.45) is 0. The van der Waals surface area contributed by atoms with Gasteiger partial charge in [0.2, 0.25) is 0 Å². The number of nitro groups is 1. The Hall–Kier alpha value is -1.79. The van der Waals surface area contributed by atoms with Crippen LogP contribution in [0.2, 0.25) is 5.02 Å². The molecular weight excluding hydrogens is 348 g/mol. The number of para-hydroxylation sites is 1. The lowest BCUT2D eigenvalue weighted by molar-refractivity contribution is -0.384. The van der Waals surface area contributed by atoms with Crippen LogP contribution in [0.1, 0.15) is 5.56 Å². The zero-order valence-electron chi connectivity index (χ0n) is 10.1. The molecule has 0 aliphatic carbocycles. The number of aromatic hydroxyl groups is 1. The summed E-state index contributed by atoms with van der Waals surface area (Å²) in [5.74, 6) is 0.00298. The fraction of sp³-hybridized carbons (Fsp3) is 0.0769. The molecule has 0 atom stereocenters. The molecule has 2 aromatic carbocycles. The Morgan fingerprint density at radius 3 is 2.80 bits per heavy atom. The van der Waals surface area contributed by atoms with Crippen LogP contribution in [0, 0.1) is 10.1 Å². The largest absolute Gasteiger partial charge is 0.506 e. The highest BCUT2D eigenvalue weighted by Gasteiger charge is 2.10. The first-order chi connectivity index (χ1) is 9.49. The molecule has 20 heavy (non-hydrogen) atoms. The number of non-ortho nitro benzene ring substituents is 1. The van der Waals surface area contributed by atoms with Crippen molar-refractivity contribution in [2.45, 2.75) is 6.54 Å². The smallest absolute Gasteiger partial charge is 0.271 e. The Morgan fingerprint density at radius 1 is 1.35 bits per heavy atom. The predicted octanol–water partition coefficient (Wildman–Crippen LogP) is 4.33. The Bertz CT molecular complexity index is 664. The van der Waals surface area contributed by atoms with Crippen molar-refractivity contribution in [3.05, 3.63) is 61.6 Å². The number of phenolic OH excluding ortho intramolecular Hbond substituents is 1. The van der Waals surface area contributed by atoms with Crippen LogP contribution < -0.4 is 5.32 Å². The monoisotopic (exact) mass is 356 g/mol. The van der Waals surface area contributed by atoms with Gasteiger partial charge in [0, 0.05) is 28.7 Å². The van der Waals surface area contributed by atoms with Crippen molar-refractivity contribution in [1.29, 1.82) is 0 Å². The summed E-state index contributed by atoms with van der Waals surface area (Å²) in [4.78, 5) is 10.3.